The summed E-state index contributed by atoms with van der Waals surface area (Å²) >= 11 is 6.20. The second kappa shape index (κ2) is 6.34. The summed E-state index contributed by atoms with van der Waals surface area (Å²) in [6.45, 7) is 8.32. The molecule has 1 aliphatic heterocycles. The molecule has 1 N–H and O–H groups in total. The highest BCUT2D eigenvalue weighted by Gasteiger charge is 2.24. The first-order chi connectivity index (χ1) is 11.0. The van der Waals surface area contributed by atoms with Gasteiger partial charge in [-0.1, -0.05) is 11.6 Å². The van der Waals surface area contributed by atoms with Gasteiger partial charge in [0.1, 0.15) is 0 Å². The summed E-state index contributed by atoms with van der Waals surface area (Å²) in [4.78, 5) is 14.6. The molecule has 0 bridgehead atoms. The summed E-state index contributed by atoms with van der Waals surface area (Å²) in [5.41, 5.74) is 3.32. The Morgan fingerprint density at radius 1 is 1.30 bits per heavy atom. The van der Waals surface area contributed by atoms with Gasteiger partial charge in [0.05, 0.1) is 22.1 Å². The smallest absolute Gasteiger partial charge is 0.254 e. The molecule has 0 radical (unpaired) electrons. The second-order valence-electron chi connectivity index (χ2n) is 6.00. The third-order valence-corrected chi connectivity index (χ3v) is 4.87. The first-order valence-corrected chi connectivity index (χ1v) is 8.20. The number of nitrogens with one attached hydrogen (secondary N) is 1. The normalized spacial score (nSPS) is 18.3. The van der Waals surface area contributed by atoms with Crippen molar-refractivity contribution in [2.24, 2.45) is 0 Å². The van der Waals surface area contributed by atoms with Crippen molar-refractivity contribution in [3.63, 3.8) is 0 Å². The van der Waals surface area contributed by atoms with Gasteiger partial charge in [-0.05, 0) is 45.0 Å². The number of amides is 1. The monoisotopic (exact) mass is 332 g/mol. The van der Waals surface area contributed by atoms with E-state index in [-0.39, 0.29) is 11.9 Å². The van der Waals surface area contributed by atoms with E-state index in [1.54, 1.807) is 4.68 Å². The number of benzene rings is 1. The molecule has 1 saturated heterocycles. The Morgan fingerprint density at radius 3 is 2.57 bits per heavy atom. The number of rotatable bonds is 2. The van der Waals surface area contributed by atoms with Crippen LogP contribution in [0, 0.1) is 13.8 Å². The van der Waals surface area contributed by atoms with Gasteiger partial charge in [0.15, 0.2) is 0 Å². The van der Waals surface area contributed by atoms with Gasteiger partial charge < -0.3 is 10.2 Å². The number of hydrogen-bond acceptors (Lipinski definition) is 3. The number of carbonyl (C=O) groups is 1. The fourth-order valence-electron chi connectivity index (χ4n) is 2.93. The number of aromatic nitrogens is 2. The van der Waals surface area contributed by atoms with Crippen LogP contribution in [-0.4, -0.2) is 46.3 Å². The SMILES string of the molecule is Cc1nn(-c2ccc(C(=O)N3CCNC[C@@H]3C)cc2)c(C)c1Cl. The van der Waals surface area contributed by atoms with E-state index in [0.717, 1.165) is 36.7 Å². The third kappa shape index (κ3) is 2.99. The zero-order valence-electron chi connectivity index (χ0n) is 13.6. The van der Waals surface area contributed by atoms with E-state index in [9.17, 15) is 4.79 Å². The predicted molar refractivity (Wildman–Crippen MR) is 91.4 cm³/mol. The molecule has 0 unspecified atom stereocenters. The van der Waals surface area contributed by atoms with Gasteiger partial charge >= 0.3 is 0 Å². The largest absolute Gasteiger partial charge is 0.333 e. The van der Waals surface area contributed by atoms with E-state index in [2.05, 4.69) is 17.3 Å². The molecule has 0 aliphatic carbocycles. The van der Waals surface area contributed by atoms with Crippen LogP contribution in [0.5, 0.6) is 0 Å². The maximum absolute atomic E-state index is 12.6. The van der Waals surface area contributed by atoms with E-state index in [1.165, 1.54) is 0 Å². The van der Waals surface area contributed by atoms with E-state index in [1.807, 2.05) is 43.0 Å². The van der Waals surface area contributed by atoms with Crippen LogP contribution in [0.3, 0.4) is 0 Å². The summed E-state index contributed by atoms with van der Waals surface area (Å²) in [6, 6.07) is 7.75. The van der Waals surface area contributed by atoms with Gasteiger partial charge in [-0.15, -0.1) is 0 Å². The summed E-state index contributed by atoms with van der Waals surface area (Å²) in [5.74, 6) is 0.0805. The summed E-state index contributed by atoms with van der Waals surface area (Å²) in [6.07, 6.45) is 0. The number of halogens is 1. The minimum Gasteiger partial charge on any atom is -0.333 e. The van der Waals surface area contributed by atoms with Crippen LogP contribution in [0.25, 0.3) is 5.69 Å². The van der Waals surface area contributed by atoms with Crippen molar-refractivity contribution in [3.05, 3.63) is 46.2 Å². The van der Waals surface area contributed by atoms with Crippen molar-refractivity contribution in [2.45, 2.75) is 26.8 Å². The van der Waals surface area contributed by atoms with Crippen molar-refractivity contribution in [2.75, 3.05) is 19.6 Å². The van der Waals surface area contributed by atoms with Crippen molar-refractivity contribution in [1.29, 1.82) is 0 Å². The molecule has 5 nitrogen and oxygen atoms in total. The van der Waals surface area contributed by atoms with E-state index >= 15 is 0 Å². The van der Waals surface area contributed by atoms with Crippen molar-refractivity contribution < 1.29 is 4.79 Å². The van der Waals surface area contributed by atoms with Crippen molar-refractivity contribution in [3.8, 4) is 5.69 Å². The summed E-state index contributed by atoms with van der Waals surface area (Å²) < 4.78 is 1.80. The van der Waals surface area contributed by atoms with E-state index in [0.29, 0.717) is 10.6 Å². The average molecular weight is 333 g/mol. The molecule has 1 aromatic heterocycles. The van der Waals surface area contributed by atoms with Gasteiger partial charge in [0, 0.05) is 31.2 Å². The molecule has 2 heterocycles. The van der Waals surface area contributed by atoms with E-state index in [4.69, 9.17) is 11.6 Å². The molecule has 1 atom stereocenters. The fraction of sp³-hybridized carbons (Fsp3) is 0.412. The van der Waals surface area contributed by atoms with Crippen LogP contribution in [-0.2, 0) is 0 Å². The van der Waals surface area contributed by atoms with Crippen LogP contribution >= 0.6 is 11.6 Å². The zero-order chi connectivity index (χ0) is 16.6. The molecule has 23 heavy (non-hydrogen) atoms. The highest BCUT2D eigenvalue weighted by molar-refractivity contribution is 6.31. The molecule has 1 fully saturated rings. The molecule has 1 aromatic carbocycles. The van der Waals surface area contributed by atoms with Gasteiger partial charge in [0.25, 0.3) is 5.91 Å². The van der Waals surface area contributed by atoms with Crippen LogP contribution < -0.4 is 5.32 Å². The molecule has 2 aromatic rings. The highest BCUT2D eigenvalue weighted by Crippen LogP contribution is 2.22. The van der Waals surface area contributed by atoms with Crippen LogP contribution in [0.2, 0.25) is 5.02 Å². The molecule has 3 rings (SSSR count). The molecule has 1 aliphatic rings. The lowest BCUT2D eigenvalue weighted by atomic mass is 10.1. The first kappa shape index (κ1) is 16.0. The maximum Gasteiger partial charge on any atom is 0.254 e. The number of aryl methyl sites for hydroxylation is 1. The Kier molecular flexibility index (Phi) is 4.41. The van der Waals surface area contributed by atoms with E-state index < -0.39 is 0 Å². The van der Waals surface area contributed by atoms with Gasteiger partial charge in [-0.25, -0.2) is 4.68 Å². The quantitative estimate of drug-likeness (QED) is 0.919. The van der Waals surface area contributed by atoms with Gasteiger partial charge in [-0.2, -0.15) is 5.10 Å². The second-order valence-corrected chi connectivity index (χ2v) is 6.37. The predicted octanol–water partition coefficient (Wildman–Crippen LogP) is 2.58. The zero-order valence-corrected chi connectivity index (χ0v) is 14.4. The lowest BCUT2D eigenvalue weighted by Gasteiger charge is -2.34. The average Bonchev–Trinajstić information content (AvgIpc) is 2.82. The Balaban J connectivity index is 1.84. The number of nitrogens with zero attached hydrogens (tertiary/aromatic N) is 3. The molecule has 0 spiro atoms. The molecular weight excluding hydrogens is 312 g/mol. The molecule has 1 amide bonds. The first-order valence-electron chi connectivity index (χ1n) is 7.83. The number of hydrogen-bond donors (Lipinski definition) is 1. The number of carbonyl (C=O) groups excluding carboxylic acids is 1. The fourth-order valence-corrected chi connectivity index (χ4v) is 3.05. The van der Waals surface area contributed by atoms with Crippen LogP contribution in [0.1, 0.15) is 28.7 Å². The van der Waals surface area contributed by atoms with Crippen LogP contribution in [0.4, 0.5) is 0 Å². The Bertz CT molecular complexity index is 723. The highest BCUT2D eigenvalue weighted by atomic mass is 35.5. The Hall–Kier alpha value is -1.85. The van der Waals surface area contributed by atoms with Gasteiger partial charge in [-0.3, -0.25) is 4.79 Å². The topological polar surface area (TPSA) is 50.2 Å². The Morgan fingerprint density at radius 2 is 2.00 bits per heavy atom. The van der Waals surface area contributed by atoms with Crippen LogP contribution in [0.15, 0.2) is 24.3 Å². The summed E-state index contributed by atoms with van der Waals surface area (Å²) in [7, 11) is 0. The summed E-state index contributed by atoms with van der Waals surface area (Å²) in [5, 5.41) is 8.42. The number of piperazine rings is 1. The molecule has 122 valence electrons. The molecule has 0 saturated carbocycles. The molecular formula is C17H21ClN4O. The van der Waals surface area contributed by atoms with Crippen molar-refractivity contribution in [1.82, 2.24) is 20.0 Å². The van der Waals surface area contributed by atoms with Crippen molar-refractivity contribution >= 4 is 17.5 Å². The maximum atomic E-state index is 12.6. The minimum absolute atomic E-state index is 0.0805. The Labute approximate surface area is 141 Å². The standard InChI is InChI=1S/C17H21ClN4O/c1-11-10-19-8-9-21(11)17(23)14-4-6-15(7-5-14)22-13(3)16(18)12(2)20-22/h4-7,11,19H,8-10H2,1-3H3/t11-/m0/s1. The van der Waals surface area contributed by atoms with Gasteiger partial charge in [0.2, 0.25) is 0 Å². The molecule has 6 heteroatoms. The minimum atomic E-state index is 0.0805. The lowest BCUT2D eigenvalue weighted by Crippen LogP contribution is -2.52. The lowest BCUT2D eigenvalue weighted by molar-refractivity contribution is 0.0656. The third-order valence-electron chi connectivity index (χ3n) is 4.32.